The van der Waals surface area contributed by atoms with E-state index < -0.39 is 0 Å². The second kappa shape index (κ2) is 13.6. The van der Waals surface area contributed by atoms with E-state index in [0.29, 0.717) is 52.4 Å². The predicted octanol–water partition coefficient (Wildman–Crippen LogP) is 8.84. The van der Waals surface area contributed by atoms with Crippen LogP contribution in [-0.2, 0) is 0 Å². The molecule has 0 radical (unpaired) electrons. The highest BCUT2D eigenvalue weighted by Crippen LogP contribution is 2.32. The Hall–Kier alpha value is -6.87. The third-order valence-electron chi connectivity index (χ3n) is 8.26. The Labute approximate surface area is 295 Å². The van der Waals surface area contributed by atoms with E-state index in [0.717, 1.165) is 44.5 Å². The molecule has 0 atom stereocenters. The number of benzene rings is 5. The first-order valence-corrected chi connectivity index (χ1v) is 16.6. The quantitative estimate of drug-likeness (QED) is 0.165. The molecule has 3 heterocycles. The van der Waals surface area contributed by atoms with Crippen molar-refractivity contribution < 1.29 is 0 Å². The first-order valence-electron chi connectivity index (χ1n) is 16.6. The molecule has 0 saturated carbocycles. The molecule has 9 nitrogen and oxygen atoms in total. The lowest BCUT2D eigenvalue weighted by molar-refractivity contribution is 0.984. The van der Waals surface area contributed by atoms with Gasteiger partial charge in [0.15, 0.2) is 34.9 Å². The van der Waals surface area contributed by atoms with E-state index in [1.807, 2.05) is 130 Å². The van der Waals surface area contributed by atoms with Crippen molar-refractivity contribution in [3.63, 3.8) is 0 Å². The molecule has 0 saturated heterocycles. The summed E-state index contributed by atoms with van der Waals surface area (Å²) in [6, 6.07) is 44.3. The molecule has 0 fully saturated rings. The zero-order chi connectivity index (χ0) is 34.7. The molecule has 0 aliphatic heterocycles. The number of rotatable bonds is 7. The lowest BCUT2D eigenvalue weighted by Crippen LogP contribution is -2.03. The van der Waals surface area contributed by atoms with E-state index in [4.69, 9.17) is 34.9 Å². The van der Waals surface area contributed by atoms with Gasteiger partial charge in [0.1, 0.15) is 17.5 Å². The van der Waals surface area contributed by atoms with Crippen LogP contribution in [0.1, 0.15) is 17.5 Å². The molecular formula is C42H31N9. The molecule has 0 amide bonds. The summed E-state index contributed by atoms with van der Waals surface area (Å²) in [7, 11) is 0. The van der Waals surface area contributed by atoms with Crippen LogP contribution in [0.3, 0.4) is 0 Å². The summed E-state index contributed by atoms with van der Waals surface area (Å²) < 4.78 is 0. The molecular weight excluding hydrogens is 631 g/mol. The highest BCUT2D eigenvalue weighted by Gasteiger charge is 2.17. The van der Waals surface area contributed by atoms with Gasteiger partial charge < -0.3 is 0 Å². The number of hydrogen-bond donors (Lipinski definition) is 0. The van der Waals surface area contributed by atoms with Gasteiger partial charge in [0.25, 0.3) is 0 Å². The van der Waals surface area contributed by atoms with Gasteiger partial charge >= 0.3 is 0 Å². The Bertz CT molecular complexity index is 2380. The third kappa shape index (κ3) is 6.86. The van der Waals surface area contributed by atoms with Crippen LogP contribution < -0.4 is 0 Å². The van der Waals surface area contributed by atoms with Crippen molar-refractivity contribution in [1.29, 1.82) is 0 Å². The third-order valence-corrected chi connectivity index (χ3v) is 8.26. The van der Waals surface area contributed by atoms with E-state index in [1.165, 1.54) is 0 Å². The minimum atomic E-state index is 0.510. The molecule has 0 aliphatic rings. The summed E-state index contributed by atoms with van der Waals surface area (Å²) in [4.78, 5) is 43.2. The minimum Gasteiger partial charge on any atom is -0.213 e. The Morgan fingerprint density at radius 2 is 0.471 bits per heavy atom. The Morgan fingerprint density at radius 3 is 0.804 bits per heavy atom. The maximum Gasteiger partial charge on any atom is 0.163 e. The molecule has 0 N–H and O–H groups in total. The molecule has 244 valence electrons. The fraction of sp³-hybridized carbons (Fsp3) is 0.0714. The monoisotopic (exact) mass is 661 g/mol. The van der Waals surface area contributed by atoms with Crippen LogP contribution in [0.25, 0.3) is 79.5 Å². The van der Waals surface area contributed by atoms with Crippen LogP contribution in [0.15, 0.2) is 133 Å². The van der Waals surface area contributed by atoms with Crippen molar-refractivity contribution in [3.05, 3.63) is 151 Å². The van der Waals surface area contributed by atoms with E-state index in [2.05, 4.69) is 34.2 Å². The van der Waals surface area contributed by atoms with Gasteiger partial charge in [-0.1, -0.05) is 115 Å². The van der Waals surface area contributed by atoms with Crippen molar-refractivity contribution in [3.8, 4) is 79.5 Å². The molecule has 5 aromatic carbocycles. The molecule has 0 unspecified atom stereocenters. The lowest BCUT2D eigenvalue weighted by Gasteiger charge is -2.12. The highest BCUT2D eigenvalue weighted by molar-refractivity contribution is 5.77. The first-order chi connectivity index (χ1) is 24.9. The molecule has 0 bridgehead atoms. The average Bonchev–Trinajstić information content (AvgIpc) is 3.18. The molecule has 51 heavy (non-hydrogen) atoms. The normalized spacial score (nSPS) is 11.0. The second-order valence-electron chi connectivity index (χ2n) is 12.1. The first kappa shape index (κ1) is 31.4. The lowest BCUT2D eigenvalue weighted by atomic mass is 10.0. The van der Waals surface area contributed by atoms with Crippen LogP contribution in [0, 0.1) is 20.8 Å². The van der Waals surface area contributed by atoms with Crippen LogP contribution >= 0.6 is 0 Å². The number of aromatic nitrogens is 9. The van der Waals surface area contributed by atoms with Gasteiger partial charge in [-0.15, -0.1) is 0 Å². The van der Waals surface area contributed by atoms with E-state index in [9.17, 15) is 0 Å². The van der Waals surface area contributed by atoms with Gasteiger partial charge in [-0.05, 0) is 50.1 Å². The standard InChI is InChI=1S/C42H31N9/c1-26-43-37(31-15-9-5-10-16-31)49-40(46-26)34-23-35(41-47-27(2)44-38(50-41)32-17-11-6-12-18-32)25-36(24-34)42-48-28(3)45-39(51-42)33-21-19-30(20-22-33)29-13-7-4-8-14-29/h4-25H,1-3H3. The SMILES string of the molecule is Cc1nc(-c2ccccc2)nc(-c2cc(-c3nc(C)nc(-c4ccccc4)n3)cc(-c3nc(C)nc(-c4ccc(-c5ccccc5)cc4)n3)c2)n1. The smallest absolute Gasteiger partial charge is 0.163 e. The molecule has 0 aliphatic carbocycles. The van der Waals surface area contributed by atoms with Gasteiger partial charge in [-0.25, -0.2) is 44.9 Å². The predicted molar refractivity (Wildman–Crippen MR) is 199 cm³/mol. The number of nitrogens with zero attached hydrogens (tertiary/aromatic N) is 9. The Morgan fingerprint density at radius 1 is 0.235 bits per heavy atom. The van der Waals surface area contributed by atoms with Crippen molar-refractivity contribution in [2.45, 2.75) is 20.8 Å². The maximum atomic E-state index is 4.98. The summed E-state index contributed by atoms with van der Waals surface area (Å²) in [5.41, 5.74) is 7.19. The summed E-state index contributed by atoms with van der Waals surface area (Å²) in [5.74, 6) is 5.09. The van der Waals surface area contributed by atoms with Crippen molar-refractivity contribution in [2.75, 3.05) is 0 Å². The largest absolute Gasteiger partial charge is 0.213 e. The van der Waals surface area contributed by atoms with Crippen molar-refractivity contribution in [2.24, 2.45) is 0 Å². The topological polar surface area (TPSA) is 116 Å². The summed E-state index contributed by atoms with van der Waals surface area (Å²) >= 11 is 0. The van der Waals surface area contributed by atoms with Crippen molar-refractivity contribution >= 4 is 0 Å². The summed E-state index contributed by atoms with van der Waals surface area (Å²) in [5, 5.41) is 0. The fourth-order valence-corrected chi connectivity index (χ4v) is 5.85. The van der Waals surface area contributed by atoms with Gasteiger partial charge in [0, 0.05) is 33.4 Å². The zero-order valence-electron chi connectivity index (χ0n) is 28.2. The van der Waals surface area contributed by atoms with Gasteiger partial charge in [0.2, 0.25) is 0 Å². The zero-order valence-corrected chi connectivity index (χ0v) is 28.2. The van der Waals surface area contributed by atoms with Crippen LogP contribution in [-0.4, -0.2) is 44.9 Å². The van der Waals surface area contributed by atoms with E-state index in [-0.39, 0.29) is 0 Å². The van der Waals surface area contributed by atoms with E-state index >= 15 is 0 Å². The Balaban J connectivity index is 1.28. The minimum absolute atomic E-state index is 0.510. The van der Waals surface area contributed by atoms with Crippen LogP contribution in [0.2, 0.25) is 0 Å². The maximum absolute atomic E-state index is 4.98. The van der Waals surface area contributed by atoms with E-state index in [1.54, 1.807) is 0 Å². The molecule has 3 aromatic heterocycles. The highest BCUT2D eigenvalue weighted by atomic mass is 15.0. The van der Waals surface area contributed by atoms with Crippen molar-refractivity contribution in [1.82, 2.24) is 44.9 Å². The number of aryl methyl sites for hydroxylation is 3. The molecule has 8 aromatic rings. The van der Waals surface area contributed by atoms with Crippen LogP contribution in [0.4, 0.5) is 0 Å². The molecule has 9 heteroatoms. The van der Waals surface area contributed by atoms with Gasteiger partial charge in [-0.3, -0.25) is 0 Å². The summed E-state index contributed by atoms with van der Waals surface area (Å²) in [6.45, 7) is 5.61. The average molecular weight is 662 g/mol. The van der Waals surface area contributed by atoms with Crippen LogP contribution in [0.5, 0.6) is 0 Å². The molecule has 0 spiro atoms. The number of hydrogen-bond acceptors (Lipinski definition) is 9. The summed E-state index contributed by atoms with van der Waals surface area (Å²) in [6.07, 6.45) is 0. The molecule has 8 rings (SSSR count). The van der Waals surface area contributed by atoms with Gasteiger partial charge in [-0.2, -0.15) is 0 Å². The van der Waals surface area contributed by atoms with Gasteiger partial charge in [0.05, 0.1) is 0 Å². The fourth-order valence-electron chi connectivity index (χ4n) is 5.85. The second-order valence-corrected chi connectivity index (χ2v) is 12.1. The Kier molecular flexibility index (Phi) is 8.35.